The van der Waals surface area contributed by atoms with Crippen molar-refractivity contribution in [3.05, 3.63) is 127 Å². The van der Waals surface area contributed by atoms with Crippen LogP contribution in [0.2, 0.25) is 0 Å². The summed E-state index contributed by atoms with van der Waals surface area (Å²) in [5.41, 5.74) is 1.14. The first kappa shape index (κ1) is 19.3. The van der Waals surface area contributed by atoms with Gasteiger partial charge >= 0.3 is 179 Å². The number of rotatable bonds is 5. The fraction of sp³-hybridized carbons (Fsp3) is 0.0400. The molecule has 0 saturated carbocycles. The summed E-state index contributed by atoms with van der Waals surface area (Å²) in [7, 11) is 0. The molecule has 0 aliphatic heterocycles. The van der Waals surface area contributed by atoms with E-state index in [-0.39, 0.29) is 5.82 Å². The van der Waals surface area contributed by atoms with Crippen molar-refractivity contribution in [3.63, 3.8) is 0 Å². The van der Waals surface area contributed by atoms with Crippen molar-refractivity contribution >= 4 is 42.2 Å². The summed E-state index contributed by atoms with van der Waals surface area (Å²) in [6.07, 6.45) is 0.838. The molecule has 0 bridgehead atoms. The third-order valence-electron chi connectivity index (χ3n) is 5.28. The first-order valence-corrected chi connectivity index (χ1v) is 14.5. The van der Waals surface area contributed by atoms with Crippen LogP contribution in [0.15, 0.2) is 115 Å². The maximum absolute atomic E-state index is 13.6. The van der Waals surface area contributed by atoms with E-state index in [1.54, 1.807) is 12.1 Å². The van der Waals surface area contributed by atoms with Gasteiger partial charge < -0.3 is 0 Å². The minimum absolute atomic E-state index is 0.198. The minimum atomic E-state index is -2.85. The molecule has 0 heterocycles. The normalized spacial score (nSPS) is 12.9. The molecule has 0 spiro atoms. The second kappa shape index (κ2) is 7.77. The molecule has 0 N–H and O–H groups in total. The van der Waals surface area contributed by atoms with Gasteiger partial charge in [0.2, 0.25) is 0 Å². The Kier molecular flexibility index (Phi) is 5.35. The predicted octanol–water partition coefficient (Wildman–Crippen LogP) is 6.21. The van der Waals surface area contributed by atoms with Crippen LogP contribution >= 0.6 is 26.3 Å². The van der Waals surface area contributed by atoms with Crippen molar-refractivity contribution in [2.75, 3.05) is 0 Å². The van der Waals surface area contributed by atoms with E-state index in [2.05, 4.69) is 113 Å². The first-order chi connectivity index (χ1) is 13.6. The Morgan fingerprint density at radius 2 is 0.893 bits per heavy atom. The van der Waals surface area contributed by atoms with Crippen LogP contribution in [0.25, 0.3) is 0 Å². The fourth-order valence-electron chi connectivity index (χ4n) is 3.87. The van der Waals surface area contributed by atoms with E-state index in [4.69, 9.17) is 0 Å². The molecule has 0 aromatic heterocycles. The number of hydrogen-bond donors (Lipinski definition) is 0. The number of benzene rings is 4. The zero-order valence-electron chi connectivity index (χ0n) is 15.4. The molecule has 4 aromatic carbocycles. The molecule has 4 aromatic rings. The Hall–Kier alpha value is -2.03. The average Bonchev–Trinajstić information content (AvgIpc) is 2.77. The molecule has 0 saturated heterocycles. The standard InChI is InChI=1S/C25H21FIP/c26-22-18-16-21(17-19-22)20-28(27,23-10-4-1-5-11-23,24-12-6-2-7-13-24)25-14-8-3-9-15-25/h1-19H,20H2. The molecule has 0 aliphatic rings. The molecule has 4 rings (SSSR count). The fourth-order valence-corrected chi connectivity index (χ4v) is 12.7. The number of halogens is 2. The third-order valence-corrected chi connectivity index (χ3v) is 16.4. The zero-order chi connectivity index (χ0) is 19.5. The Labute approximate surface area is 178 Å². The molecule has 0 radical (unpaired) electrons. The Morgan fingerprint density at radius 3 is 1.25 bits per heavy atom. The van der Waals surface area contributed by atoms with Crippen LogP contribution in [0.1, 0.15) is 5.56 Å². The average molecular weight is 498 g/mol. The molecule has 0 nitrogen and oxygen atoms in total. The van der Waals surface area contributed by atoms with E-state index in [1.165, 1.54) is 15.9 Å². The van der Waals surface area contributed by atoms with Crippen molar-refractivity contribution < 1.29 is 4.39 Å². The Morgan fingerprint density at radius 1 is 0.536 bits per heavy atom. The molecular weight excluding hydrogens is 477 g/mol. The third kappa shape index (κ3) is 3.29. The van der Waals surface area contributed by atoms with E-state index in [9.17, 15) is 4.39 Å². The van der Waals surface area contributed by atoms with Gasteiger partial charge in [-0.1, -0.05) is 0 Å². The van der Waals surface area contributed by atoms with Gasteiger partial charge in [-0.25, -0.2) is 0 Å². The quantitative estimate of drug-likeness (QED) is 0.227. The predicted molar refractivity (Wildman–Crippen MR) is 129 cm³/mol. The van der Waals surface area contributed by atoms with Crippen LogP contribution in [0.3, 0.4) is 0 Å². The summed E-state index contributed by atoms with van der Waals surface area (Å²) in [6, 6.07) is 39.3. The molecule has 0 unspecified atom stereocenters. The van der Waals surface area contributed by atoms with Gasteiger partial charge in [-0.15, -0.1) is 0 Å². The van der Waals surface area contributed by atoms with Crippen molar-refractivity contribution in [3.8, 4) is 0 Å². The van der Waals surface area contributed by atoms with E-state index in [0.29, 0.717) is 0 Å². The summed E-state index contributed by atoms with van der Waals surface area (Å²) in [6.45, 7) is 0. The summed E-state index contributed by atoms with van der Waals surface area (Å²) in [4.78, 5) is 0. The van der Waals surface area contributed by atoms with Gasteiger partial charge in [0.1, 0.15) is 0 Å². The molecule has 28 heavy (non-hydrogen) atoms. The van der Waals surface area contributed by atoms with Crippen LogP contribution in [-0.2, 0) is 6.16 Å². The van der Waals surface area contributed by atoms with Gasteiger partial charge in [0.25, 0.3) is 0 Å². The van der Waals surface area contributed by atoms with Crippen LogP contribution in [0, 0.1) is 5.82 Å². The van der Waals surface area contributed by atoms with Crippen LogP contribution in [0.4, 0.5) is 4.39 Å². The van der Waals surface area contributed by atoms with Gasteiger partial charge in [0, 0.05) is 0 Å². The van der Waals surface area contributed by atoms with Crippen molar-refractivity contribution in [2.45, 2.75) is 6.16 Å². The van der Waals surface area contributed by atoms with Gasteiger partial charge in [0.15, 0.2) is 0 Å². The Balaban J connectivity index is 2.07. The van der Waals surface area contributed by atoms with Gasteiger partial charge in [-0.2, -0.15) is 0 Å². The molecule has 0 amide bonds. The summed E-state index contributed by atoms with van der Waals surface area (Å²) in [5.74, 6) is -0.198. The van der Waals surface area contributed by atoms with Crippen molar-refractivity contribution in [1.29, 1.82) is 0 Å². The summed E-state index contributed by atoms with van der Waals surface area (Å²) >= 11 is 2.75. The number of hydrogen-bond acceptors (Lipinski definition) is 0. The maximum atomic E-state index is 13.6. The SMILES string of the molecule is Fc1ccc(CP(I)(c2ccccc2)(c2ccccc2)c2ccccc2)cc1. The topological polar surface area (TPSA) is 0 Å². The molecule has 140 valence electrons. The molecule has 0 aliphatic carbocycles. The van der Waals surface area contributed by atoms with E-state index in [1.807, 2.05) is 12.1 Å². The molecule has 0 atom stereocenters. The van der Waals surface area contributed by atoms with Gasteiger partial charge in [-0.05, 0) is 0 Å². The molecule has 3 heteroatoms. The van der Waals surface area contributed by atoms with Crippen molar-refractivity contribution in [2.24, 2.45) is 0 Å². The zero-order valence-corrected chi connectivity index (χ0v) is 18.4. The molecule has 0 fully saturated rings. The van der Waals surface area contributed by atoms with Crippen LogP contribution in [0.5, 0.6) is 0 Å². The van der Waals surface area contributed by atoms with Crippen LogP contribution in [-0.4, -0.2) is 0 Å². The summed E-state index contributed by atoms with van der Waals surface area (Å²) in [5, 5.41) is 3.99. The first-order valence-electron chi connectivity index (χ1n) is 9.25. The van der Waals surface area contributed by atoms with E-state index >= 15 is 0 Å². The second-order valence-corrected chi connectivity index (χ2v) is 17.6. The Bertz CT molecular complexity index is 949. The monoisotopic (exact) mass is 498 g/mol. The second-order valence-electron chi connectivity index (χ2n) is 6.97. The van der Waals surface area contributed by atoms with E-state index in [0.717, 1.165) is 11.7 Å². The van der Waals surface area contributed by atoms with Gasteiger partial charge in [-0.3, -0.25) is 0 Å². The van der Waals surface area contributed by atoms with Crippen LogP contribution < -0.4 is 15.9 Å². The summed E-state index contributed by atoms with van der Waals surface area (Å²) < 4.78 is 10.7. The molecular formula is C25H21FIP. The van der Waals surface area contributed by atoms with Gasteiger partial charge in [0.05, 0.1) is 0 Å². The van der Waals surface area contributed by atoms with E-state index < -0.39 is 4.25 Å². The van der Waals surface area contributed by atoms with Crippen molar-refractivity contribution in [1.82, 2.24) is 0 Å².